The van der Waals surface area contributed by atoms with Gasteiger partial charge in [-0.3, -0.25) is 9.69 Å². The Kier molecular flexibility index (Phi) is 4.43. The van der Waals surface area contributed by atoms with E-state index in [4.69, 9.17) is 0 Å². The quantitative estimate of drug-likeness (QED) is 0.716. The van der Waals surface area contributed by atoms with Crippen LogP contribution in [0.25, 0.3) is 0 Å². The first-order valence-electron chi connectivity index (χ1n) is 10.4. The minimum atomic E-state index is -0.133. The van der Waals surface area contributed by atoms with Gasteiger partial charge in [0.2, 0.25) is 0 Å². The smallest absolute Gasteiger partial charge is 0.147 e. The summed E-state index contributed by atoms with van der Waals surface area (Å²) in [6.45, 7) is 1.81. The second-order valence-electron chi connectivity index (χ2n) is 8.76. The van der Waals surface area contributed by atoms with Crippen molar-refractivity contribution in [3.63, 3.8) is 0 Å². The molecular weight excluding hydrogens is 349 g/mol. The van der Waals surface area contributed by atoms with Crippen LogP contribution in [0.2, 0.25) is 0 Å². The predicted molar refractivity (Wildman–Crippen MR) is 109 cm³/mol. The summed E-state index contributed by atoms with van der Waals surface area (Å²) in [6, 6.07) is 14.6. The predicted octanol–water partition coefficient (Wildman–Crippen LogP) is 4.59. The molecular formula is C25H26FNO. The first-order chi connectivity index (χ1) is 13.7. The molecule has 2 aliphatic carbocycles. The molecule has 5 rings (SSSR count). The van der Waals surface area contributed by atoms with Crippen molar-refractivity contribution >= 4 is 6.29 Å². The molecule has 1 spiro atoms. The van der Waals surface area contributed by atoms with E-state index in [2.05, 4.69) is 35.2 Å². The van der Waals surface area contributed by atoms with Gasteiger partial charge < -0.3 is 0 Å². The van der Waals surface area contributed by atoms with Crippen LogP contribution in [-0.4, -0.2) is 30.3 Å². The van der Waals surface area contributed by atoms with Crippen LogP contribution < -0.4 is 0 Å². The van der Waals surface area contributed by atoms with Crippen molar-refractivity contribution in [3.8, 4) is 0 Å². The van der Waals surface area contributed by atoms with E-state index in [1.165, 1.54) is 22.3 Å². The van der Waals surface area contributed by atoms with Gasteiger partial charge in [-0.2, -0.15) is 0 Å². The lowest BCUT2D eigenvalue weighted by atomic mass is 9.73. The number of hydrogen-bond donors (Lipinski definition) is 0. The van der Waals surface area contributed by atoms with E-state index < -0.39 is 0 Å². The second-order valence-corrected chi connectivity index (χ2v) is 8.76. The molecule has 0 saturated heterocycles. The van der Waals surface area contributed by atoms with Crippen molar-refractivity contribution in [1.82, 2.24) is 4.90 Å². The number of aldehydes is 1. The number of carbonyl (C=O) groups is 1. The van der Waals surface area contributed by atoms with Crippen molar-refractivity contribution < 1.29 is 9.18 Å². The summed E-state index contributed by atoms with van der Waals surface area (Å²) in [7, 11) is 0. The molecule has 0 bridgehead atoms. The summed E-state index contributed by atoms with van der Waals surface area (Å²) in [5, 5.41) is 0. The summed E-state index contributed by atoms with van der Waals surface area (Å²) in [6.07, 6.45) is 9.21. The van der Waals surface area contributed by atoms with Crippen LogP contribution in [0.1, 0.15) is 47.9 Å². The fraction of sp³-hybridized carbons (Fsp3) is 0.400. The Labute approximate surface area is 166 Å². The molecule has 0 aromatic heterocycles. The van der Waals surface area contributed by atoms with Gasteiger partial charge in [-0.25, -0.2) is 4.39 Å². The van der Waals surface area contributed by atoms with E-state index in [-0.39, 0.29) is 11.2 Å². The van der Waals surface area contributed by atoms with Crippen molar-refractivity contribution in [2.45, 2.75) is 50.0 Å². The number of nitrogens with zero attached hydrogens (tertiary/aromatic N) is 1. The molecule has 1 heterocycles. The van der Waals surface area contributed by atoms with Crippen LogP contribution in [0.3, 0.4) is 0 Å². The number of carbonyl (C=O) groups excluding carboxylic acids is 1. The van der Waals surface area contributed by atoms with E-state index in [9.17, 15) is 9.18 Å². The lowest BCUT2D eigenvalue weighted by Crippen LogP contribution is -2.39. The van der Waals surface area contributed by atoms with Crippen LogP contribution in [0, 0.1) is 5.82 Å². The van der Waals surface area contributed by atoms with E-state index in [1.54, 1.807) is 12.1 Å². The molecule has 144 valence electrons. The highest BCUT2D eigenvalue weighted by Crippen LogP contribution is 2.49. The Balaban J connectivity index is 1.51. The van der Waals surface area contributed by atoms with Crippen molar-refractivity contribution in [2.75, 3.05) is 13.1 Å². The number of benzene rings is 2. The molecule has 1 fully saturated rings. The first-order valence-corrected chi connectivity index (χ1v) is 10.4. The van der Waals surface area contributed by atoms with Crippen molar-refractivity contribution in [2.24, 2.45) is 0 Å². The van der Waals surface area contributed by atoms with E-state index in [0.717, 1.165) is 63.5 Å². The minimum absolute atomic E-state index is 0.0722. The zero-order valence-electron chi connectivity index (χ0n) is 16.2. The maximum absolute atomic E-state index is 14.0. The molecule has 28 heavy (non-hydrogen) atoms. The molecule has 3 aliphatic rings. The van der Waals surface area contributed by atoms with E-state index >= 15 is 0 Å². The van der Waals surface area contributed by atoms with Gasteiger partial charge in [0.05, 0.1) is 0 Å². The fourth-order valence-electron chi connectivity index (χ4n) is 5.79. The van der Waals surface area contributed by atoms with Crippen LogP contribution >= 0.6 is 0 Å². The third-order valence-corrected chi connectivity index (χ3v) is 7.13. The van der Waals surface area contributed by atoms with Crippen LogP contribution in [-0.2, 0) is 23.1 Å². The summed E-state index contributed by atoms with van der Waals surface area (Å²) in [5.41, 5.74) is 6.27. The normalized spacial score (nSPS) is 27.0. The van der Waals surface area contributed by atoms with Gasteiger partial charge in [-0.05, 0) is 72.9 Å². The molecule has 1 saturated carbocycles. The number of halogens is 1. The highest BCUT2D eigenvalue weighted by Gasteiger charge is 2.45. The average molecular weight is 375 g/mol. The third-order valence-electron chi connectivity index (χ3n) is 7.13. The maximum Gasteiger partial charge on any atom is 0.147 e. The molecule has 2 aromatic carbocycles. The summed E-state index contributed by atoms with van der Waals surface area (Å²) >= 11 is 0. The topological polar surface area (TPSA) is 20.3 Å². The third kappa shape index (κ3) is 3.02. The highest BCUT2D eigenvalue weighted by molar-refractivity contribution is 5.74. The zero-order chi connectivity index (χ0) is 19.1. The molecule has 0 N–H and O–H groups in total. The van der Waals surface area contributed by atoms with Crippen LogP contribution in [0.5, 0.6) is 0 Å². The highest BCUT2D eigenvalue weighted by atomic mass is 19.1. The number of hydrogen-bond acceptors (Lipinski definition) is 2. The average Bonchev–Trinajstić information content (AvgIpc) is 3.09. The molecule has 2 aromatic rings. The first kappa shape index (κ1) is 17.8. The van der Waals surface area contributed by atoms with Crippen LogP contribution in [0.15, 0.2) is 54.1 Å². The lowest BCUT2D eigenvalue weighted by Gasteiger charge is -2.35. The summed E-state index contributed by atoms with van der Waals surface area (Å²) in [4.78, 5) is 13.8. The van der Waals surface area contributed by atoms with Gasteiger partial charge >= 0.3 is 0 Å². The largest absolute Gasteiger partial charge is 0.298 e. The van der Waals surface area contributed by atoms with Gasteiger partial charge in [-0.1, -0.05) is 36.4 Å². The monoisotopic (exact) mass is 375 g/mol. The molecule has 1 aliphatic heterocycles. The molecule has 3 heteroatoms. The molecule has 2 unspecified atom stereocenters. The molecule has 2 nitrogen and oxygen atoms in total. The Bertz CT molecular complexity index is 949. The standard InChI is InChI=1S/C25H26FNO/c26-22-8-7-19-12-20-5-1-2-6-24(20)25(14-21(19)13-22)10-9-23(15-25)27-11-3-4-18(16-27)17-28/h1-2,4-8,13,17,23H,3,9-12,14-16H2. The van der Waals surface area contributed by atoms with Crippen LogP contribution in [0.4, 0.5) is 4.39 Å². The Morgan fingerprint density at radius 2 is 2.00 bits per heavy atom. The lowest BCUT2D eigenvalue weighted by molar-refractivity contribution is -0.105. The number of fused-ring (bicyclic) bond motifs is 3. The fourth-order valence-corrected chi connectivity index (χ4v) is 5.79. The summed E-state index contributed by atoms with van der Waals surface area (Å²) < 4.78 is 14.0. The van der Waals surface area contributed by atoms with Crippen molar-refractivity contribution in [1.29, 1.82) is 0 Å². The second kappa shape index (κ2) is 6.97. The van der Waals surface area contributed by atoms with E-state index in [1.807, 2.05) is 6.07 Å². The van der Waals surface area contributed by atoms with Crippen molar-refractivity contribution in [3.05, 3.63) is 82.2 Å². The SMILES string of the molecule is O=CC1=CCCN(C2CCC3(Cc4cc(F)ccc4Cc4ccccc43)C2)C1. The maximum atomic E-state index is 14.0. The van der Waals surface area contributed by atoms with Gasteiger partial charge in [0, 0.05) is 30.1 Å². The molecule has 2 atom stereocenters. The van der Waals surface area contributed by atoms with Gasteiger partial charge in [0.25, 0.3) is 0 Å². The Morgan fingerprint density at radius 3 is 2.89 bits per heavy atom. The Hall–Kier alpha value is -2.26. The van der Waals surface area contributed by atoms with Gasteiger partial charge in [-0.15, -0.1) is 0 Å². The van der Waals surface area contributed by atoms with E-state index in [0.29, 0.717) is 6.04 Å². The van der Waals surface area contributed by atoms with Gasteiger partial charge in [0.1, 0.15) is 12.1 Å². The minimum Gasteiger partial charge on any atom is -0.298 e. The summed E-state index contributed by atoms with van der Waals surface area (Å²) in [5.74, 6) is -0.133. The zero-order valence-corrected chi connectivity index (χ0v) is 16.2. The number of rotatable bonds is 2. The molecule has 0 radical (unpaired) electrons. The molecule has 0 amide bonds. The Morgan fingerprint density at radius 1 is 1.11 bits per heavy atom. The van der Waals surface area contributed by atoms with Gasteiger partial charge in [0.15, 0.2) is 0 Å².